The minimum atomic E-state index is -0.944. The van der Waals surface area contributed by atoms with Crippen molar-refractivity contribution in [3.05, 3.63) is 59.7 Å². The number of amidine groups is 1. The van der Waals surface area contributed by atoms with Crippen LogP contribution in [0, 0.1) is 40.7 Å². The van der Waals surface area contributed by atoms with Gasteiger partial charge in [0.15, 0.2) is 11.6 Å². The van der Waals surface area contributed by atoms with Gasteiger partial charge in [0.05, 0.1) is 5.71 Å². The SMILES string of the molecule is CC#CC(=O)N1CCC(C2CCN=C(C(C(=N)c3ccc(Oc4ccc(F)cc4F)cc3)C(=O)NC)N2)CC1. The van der Waals surface area contributed by atoms with Crippen LogP contribution in [-0.2, 0) is 9.59 Å². The number of benzene rings is 2. The predicted molar refractivity (Wildman–Crippen MR) is 144 cm³/mol. The van der Waals surface area contributed by atoms with Gasteiger partial charge in [-0.15, -0.1) is 0 Å². The maximum atomic E-state index is 13.9. The van der Waals surface area contributed by atoms with Gasteiger partial charge in [0.2, 0.25) is 5.91 Å². The zero-order valence-corrected chi connectivity index (χ0v) is 21.9. The Morgan fingerprint density at radius 3 is 2.51 bits per heavy atom. The number of hydrogen-bond donors (Lipinski definition) is 3. The second-order valence-corrected chi connectivity index (χ2v) is 9.47. The van der Waals surface area contributed by atoms with E-state index in [1.807, 2.05) is 0 Å². The van der Waals surface area contributed by atoms with Crippen LogP contribution in [0.15, 0.2) is 47.5 Å². The van der Waals surface area contributed by atoms with E-state index < -0.39 is 17.6 Å². The maximum Gasteiger partial charge on any atom is 0.298 e. The van der Waals surface area contributed by atoms with Gasteiger partial charge in [0, 0.05) is 38.8 Å². The van der Waals surface area contributed by atoms with Crippen LogP contribution in [0.4, 0.5) is 8.78 Å². The number of halogens is 2. The Bertz CT molecular complexity index is 1320. The molecule has 8 nitrogen and oxygen atoms in total. The Balaban J connectivity index is 1.44. The molecule has 2 aromatic carbocycles. The molecular formula is C29H31F2N5O3. The zero-order chi connectivity index (χ0) is 27.9. The number of carbonyl (C=O) groups is 2. The van der Waals surface area contributed by atoms with Crippen molar-refractivity contribution >= 4 is 23.4 Å². The Labute approximate surface area is 226 Å². The molecule has 2 atom stereocenters. The molecule has 39 heavy (non-hydrogen) atoms. The highest BCUT2D eigenvalue weighted by atomic mass is 19.1. The minimum absolute atomic E-state index is 0.0549. The van der Waals surface area contributed by atoms with Crippen molar-refractivity contribution in [2.75, 3.05) is 26.7 Å². The number of piperidine rings is 1. The van der Waals surface area contributed by atoms with Crippen molar-refractivity contribution in [3.63, 3.8) is 0 Å². The first-order chi connectivity index (χ1) is 18.8. The largest absolute Gasteiger partial charge is 0.454 e. The second-order valence-electron chi connectivity index (χ2n) is 9.47. The molecule has 0 spiro atoms. The van der Waals surface area contributed by atoms with E-state index in [-0.39, 0.29) is 29.3 Å². The van der Waals surface area contributed by atoms with E-state index in [2.05, 4.69) is 27.5 Å². The molecule has 2 aliphatic rings. The molecule has 1 fully saturated rings. The molecule has 0 aromatic heterocycles. The summed E-state index contributed by atoms with van der Waals surface area (Å²) in [5.41, 5.74) is 0.533. The van der Waals surface area contributed by atoms with Crippen LogP contribution in [0.3, 0.4) is 0 Å². The first kappa shape index (κ1) is 27.8. The van der Waals surface area contributed by atoms with Gasteiger partial charge in [0.1, 0.15) is 23.3 Å². The summed E-state index contributed by atoms with van der Waals surface area (Å²) < 4.78 is 32.6. The molecule has 4 rings (SSSR count). The van der Waals surface area contributed by atoms with Crippen molar-refractivity contribution in [3.8, 4) is 23.3 Å². The number of rotatable bonds is 7. The number of ether oxygens (including phenoxy) is 1. The van der Waals surface area contributed by atoms with E-state index in [0.29, 0.717) is 42.7 Å². The van der Waals surface area contributed by atoms with Gasteiger partial charge in [-0.3, -0.25) is 14.6 Å². The molecule has 2 amide bonds. The predicted octanol–water partition coefficient (Wildman–Crippen LogP) is 3.51. The quantitative estimate of drug-likeness (QED) is 0.373. The van der Waals surface area contributed by atoms with Gasteiger partial charge < -0.3 is 25.7 Å². The topological polar surface area (TPSA) is 107 Å². The highest BCUT2D eigenvalue weighted by molar-refractivity contribution is 6.25. The molecule has 2 heterocycles. The lowest BCUT2D eigenvalue weighted by Gasteiger charge is -2.38. The number of carbonyl (C=O) groups excluding carboxylic acids is 2. The highest BCUT2D eigenvalue weighted by Crippen LogP contribution is 2.27. The fraction of sp³-hybridized carbons (Fsp3) is 0.379. The fourth-order valence-electron chi connectivity index (χ4n) is 4.94. The van der Waals surface area contributed by atoms with E-state index in [4.69, 9.17) is 10.1 Å². The van der Waals surface area contributed by atoms with E-state index in [9.17, 15) is 18.4 Å². The molecular weight excluding hydrogens is 504 g/mol. The van der Waals surface area contributed by atoms with Gasteiger partial charge in [-0.25, -0.2) is 8.78 Å². The van der Waals surface area contributed by atoms with Gasteiger partial charge >= 0.3 is 0 Å². The Morgan fingerprint density at radius 1 is 1.15 bits per heavy atom. The maximum absolute atomic E-state index is 13.9. The average molecular weight is 536 g/mol. The van der Waals surface area contributed by atoms with Crippen molar-refractivity contribution in [1.29, 1.82) is 5.41 Å². The Kier molecular flexibility index (Phi) is 8.92. The molecule has 0 saturated carbocycles. The normalized spacial score (nSPS) is 18.1. The number of aliphatic imine (C=N–C) groups is 1. The van der Waals surface area contributed by atoms with E-state index in [1.165, 1.54) is 13.1 Å². The van der Waals surface area contributed by atoms with Crippen LogP contribution in [0.5, 0.6) is 11.5 Å². The van der Waals surface area contributed by atoms with Gasteiger partial charge in [-0.2, -0.15) is 0 Å². The molecule has 2 unspecified atom stereocenters. The van der Waals surface area contributed by atoms with E-state index >= 15 is 0 Å². The van der Waals surface area contributed by atoms with Crippen molar-refractivity contribution < 1.29 is 23.1 Å². The third-order valence-electron chi connectivity index (χ3n) is 7.04. The zero-order valence-electron chi connectivity index (χ0n) is 21.9. The van der Waals surface area contributed by atoms with E-state index in [0.717, 1.165) is 31.4 Å². The average Bonchev–Trinajstić information content (AvgIpc) is 2.95. The number of likely N-dealkylation sites (tertiary alicyclic amines) is 1. The molecule has 10 heteroatoms. The number of nitrogens with zero attached hydrogens (tertiary/aromatic N) is 2. The van der Waals surface area contributed by atoms with Crippen LogP contribution in [0.1, 0.15) is 31.7 Å². The van der Waals surface area contributed by atoms with Crippen LogP contribution in [-0.4, -0.2) is 61.0 Å². The molecule has 204 valence electrons. The highest BCUT2D eigenvalue weighted by Gasteiger charge is 2.35. The number of amides is 2. The van der Waals surface area contributed by atoms with Crippen LogP contribution in [0.2, 0.25) is 0 Å². The van der Waals surface area contributed by atoms with Gasteiger partial charge in [-0.05, 0) is 80.0 Å². The van der Waals surface area contributed by atoms with Crippen molar-refractivity contribution in [2.24, 2.45) is 16.8 Å². The summed E-state index contributed by atoms with van der Waals surface area (Å²) in [6.45, 7) is 3.45. The molecule has 0 bridgehead atoms. The van der Waals surface area contributed by atoms with Gasteiger partial charge in [0.25, 0.3) is 5.91 Å². The summed E-state index contributed by atoms with van der Waals surface area (Å²) in [7, 11) is 1.52. The molecule has 1 saturated heterocycles. The first-order valence-electron chi connectivity index (χ1n) is 12.9. The number of hydrogen-bond acceptors (Lipinski definition) is 6. The lowest BCUT2D eigenvalue weighted by Crippen LogP contribution is -2.53. The Hall–Kier alpha value is -4.26. The summed E-state index contributed by atoms with van der Waals surface area (Å²) in [5, 5.41) is 14.9. The van der Waals surface area contributed by atoms with Crippen LogP contribution < -0.4 is 15.4 Å². The minimum Gasteiger partial charge on any atom is -0.454 e. The smallest absolute Gasteiger partial charge is 0.298 e. The summed E-state index contributed by atoms with van der Waals surface area (Å²) in [6.07, 6.45) is 2.44. The van der Waals surface area contributed by atoms with Crippen molar-refractivity contribution in [1.82, 2.24) is 15.5 Å². The standard InChI is InChI=1S/C29H31F2N5O3/c1-3-4-25(37)36-15-12-18(13-16-36)23-11-14-34-28(35-23)26(29(38)33-2)27(32)19-5-8-21(9-6-19)39-24-10-7-20(30)17-22(24)31/h5-10,17-18,23,26,32H,11-16H2,1-2H3,(H,33,38)(H,34,35). The third-order valence-corrected chi connectivity index (χ3v) is 7.04. The summed E-state index contributed by atoms with van der Waals surface area (Å²) in [4.78, 5) is 31.4. The Morgan fingerprint density at radius 2 is 1.87 bits per heavy atom. The van der Waals surface area contributed by atoms with Crippen LogP contribution >= 0.6 is 0 Å². The number of nitrogens with one attached hydrogen (secondary N) is 3. The van der Waals surface area contributed by atoms with Crippen LogP contribution in [0.25, 0.3) is 0 Å². The lowest BCUT2D eigenvalue weighted by molar-refractivity contribution is -0.126. The first-order valence-corrected chi connectivity index (χ1v) is 12.9. The molecule has 0 radical (unpaired) electrons. The van der Waals surface area contributed by atoms with Crippen molar-refractivity contribution in [2.45, 2.75) is 32.2 Å². The summed E-state index contributed by atoms with van der Waals surface area (Å²) in [5.74, 6) is 3.19. The third kappa shape index (κ3) is 6.60. The molecule has 3 N–H and O–H groups in total. The van der Waals surface area contributed by atoms with Gasteiger partial charge in [-0.1, -0.05) is 5.92 Å². The monoisotopic (exact) mass is 535 g/mol. The molecule has 0 aliphatic carbocycles. The fourth-order valence-corrected chi connectivity index (χ4v) is 4.94. The lowest BCUT2D eigenvalue weighted by atomic mass is 9.85. The molecule has 2 aliphatic heterocycles. The summed E-state index contributed by atoms with van der Waals surface area (Å²) in [6, 6.07) is 9.47. The molecule has 2 aromatic rings. The van der Waals surface area contributed by atoms with E-state index in [1.54, 1.807) is 36.1 Å². The second kappa shape index (κ2) is 12.5. The summed E-state index contributed by atoms with van der Waals surface area (Å²) >= 11 is 0.